The number of aryl methyl sites for hydroxylation is 1. The molecule has 0 amide bonds. The van der Waals surface area contributed by atoms with Crippen LogP contribution in [-0.2, 0) is 4.74 Å². The van der Waals surface area contributed by atoms with Gasteiger partial charge in [0.1, 0.15) is 12.4 Å². The summed E-state index contributed by atoms with van der Waals surface area (Å²) in [5.74, 6) is 0.947. The van der Waals surface area contributed by atoms with Crippen molar-refractivity contribution in [1.29, 1.82) is 0 Å². The predicted octanol–water partition coefficient (Wildman–Crippen LogP) is 2.59. The van der Waals surface area contributed by atoms with Gasteiger partial charge in [-0.2, -0.15) is 0 Å². The van der Waals surface area contributed by atoms with E-state index in [2.05, 4.69) is 25.2 Å². The zero-order valence-corrected chi connectivity index (χ0v) is 13.8. The Bertz CT molecular complexity index is 442. The first-order valence-electron chi connectivity index (χ1n) is 8.35. The van der Waals surface area contributed by atoms with E-state index in [1.807, 2.05) is 12.1 Å². The molecule has 0 heterocycles. The van der Waals surface area contributed by atoms with Crippen molar-refractivity contribution < 1.29 is 14.6 Å². The van der Waals surface area contributed by atoms with E-state index in [0.717, 1.165) is 38.0 Å². The average Bonchev–Trinajstić information content (AvgIpc) is 2.52. The summed E-state index contributed by atoms with van der Waals surface area (Å²) in [7, 11) is 0. The Hall–Kier alpha value is -1.10. The van der Waals surface area contributed by atoms with E-state index in [4.69, 9.17) is 9.47 Å². The molecule has 0 aliphatic heterocycles. The van der Waals surface area contributed by atoms with Crippen molar-refractivity contribution in [3.8, 4) is 5.75 Å². The van der Waals surface area contributed by atoms with Crippen molar-refractivity contribution in [2.75, 3.05) is 26.4 Å². The van der Waals surface area contributed by atoms with Crippen LogP contribution in [0.15, 0.2) is 18.2 Å². The van der Waals surface area contributed by atoms with E-state index in [1.54, 1.807) is 0 Å². The van der Waals surface area contributed by atoms with E-state index in [-0.39, 0.29) is 6.10 Å². The Morgan fingerprint density at radius 2 is 1.86 bits per heavy atom. The minimum absolute atomic E-state index is 0.0865. The van der Waals surface area contributed by atoms with Gasteiger partial charge in [0.15, 0.2) is 0 Å². The van der Waals surface area contributed by atoms with Crippen LogP contribution in [0.2, 0.25) is 0 Å². The van der Waals surface area contributed by atoms with Crippen molar-refractivity contribution >= 4 is 0 Å². The number of ether oxygens (including phenoxy) is 2. The highest BCUT2D eigenvalue weighted by atomic mass is 16.5. The molecule has 4 heteroatoms. The second-order valence-corrected chi connectivity index (χ2v) is 6.12. The standard InChI is InChI=1S/C18H29NO3/c1-14-4-3-5-18(15(14)2)22-13-12-21-11-10-19-16-6-8-17(20)9-7-16/h3-5,16-17,19-20H,6-13H2,1-2H3/t16-,17-. The van der Waals surface area contributed by atoms with Crippen LogP contribution in [0.5, 0.6) is 5.75 Å². The van der Waals surface area contributed by atoms with Crippen LogP contribution >= 0.6 is 0 Å². The largest absolute Gasteiger partial charge is 0.491 e. The van der Waals surface area contributed by atoms with Gasteiger partial charge in [0.05, 0.1) is 19.3 Å². The summed E-state index contributed by atoms with van der Waals surface area (Å²) in [6.07, 6.45) is 3.88. The van der Waals surface area contributed by atoms with Gasteiger partial charge in [-0.05, 0) is 56.7 Å². The van der Waals surface area contributed by atoms with Crippen LogP contribution in [-0.4, -0.2) is 43.6 Å². The van der Waals surface area contributed by atoms with Crippen molar-refractivity contribution in [3.05, 3.63) is 29.3 Å². The molecule has 2 N–H and O–H groups in total. The van der Waals surface area contributed by atoms with E-state index in [0.29, 0.717) is 25.9 Å². The molecule has 0 unspecified atom stereocenters. The summed E-state index contributed by atoms with van der Waals surface area (Å²) in [5.41, 5.74) is 2.45. The number of nitrogens with one attached hydrogen (secondary N) is 1. The summed E-state index contributed by atoms with van der Waals surface area (Å²) < 4.78 is 11.4. The predicted molar refractivity (Wildman–Crippen MR) is 88.5 cm³/mol. The second-order valence-electron chi connectivity index (χ2n) is 6.12. The first-order valence-corrected chi connectivity index (χ1v) is 8.35. The summed E-state index contributed by atoms with van der Waals surface area (Å²) >= 11 is 0. The molecular formula is C18H29NO3. The van der Waals surface area contributed by atoms with Gasteiger partial charge < -0.3 is 19.9 Å². The molecular weight excluding hydrogens is 278 g/mol. The summed E-state index contributed by atoms with van der Waals surface area (Å²) in [4.78, 5) is 0. The van der Waals surface area contributed by atoms with Crippen LogP contribution in [0.1, 0.15) is 36.8 Å². The van der Waals surface area contributed by atoms with Crippen LogP contribution in [0.4, 0.5) is 0 Å². The molecule has 0 bridgehead atoms. The van der Waals surface area contributed by atoms with Gasteiger partial charge in [0.2, 0.25) is 0 Å². The van der Waals surface area contributed by atoms with Gasteiger partial charge in [-0.3, -0.25) is 0 Å². The van der Waals surface area contributed by atoms with Gasteiger partial charge in [-0.15, -0.1) is 0 Å². The average molecular weight is 307 g/mol. The van der Waals surface area contributed by atoms with E-state index >= 15 is 0 Å². The number of hydrogen-bond acceptors (Lipinski definition) is 4. The molecule has 4 nitrogen and oxygen atoms in total. The van der Waals surface area contributed by atoms with E-state index in [9.17, 15) is 5.11 Å². The molecule has 1 aromatic rings. The zero-order chi connectivity index (χ0) is 15.8. The van der Waals surface area contributed by atoms with Crippen molar-refractivity contribution in [2.24, 2.45) is 0 Å². The minimum Gasteiger partial charge on any atom is -0.491 e. The molecule has 2 rings (SSSR count). The van der Waals surface area contributed by atoms with Gasteiger partial charge in [0, 0.05) is 12.6 Å². The highest BCUT2D eigenvalue weighted by Crippen LogP contribution is 2.20. The molecule has 124 valence electrons. The molecule has 1 fully saturated rings. The van der Waals surface area contributed by atoms with E-state index in [1.165, 1.54) is 11.1 Å². The first kappa shape index (κ1) is 17.3. The molecule has 0 atom stereocenters. The number of hydrogen-bond donors (Lipinski definition) is 2. The summed E-state index contributed by atoms with van der Waals surface area (Å²) in [6, 6.07) is 6.65. The first-order chi connectivity index (χ1) is 10.7. The molecule has 1 saturated carbocycles. The molecule has 1 aliphatic carbocycles. The quantitative estimate of drug-likeness (QED) is 0.725. The molecule has 0 saturated heterocycles. The maximum absolute atomic E-state index is 9.46. The molecule has 22 heavy (non-hydrogen) atoms. The van der Waals surface area contributed by atoms with Crippen LogP contribution in [0.25, 0.3) is 0 Å². The number of aliphatic hydroxyl groups is 1. The van der Waals surface area contributed by atoms with Gasteiger partial charge >= 0.3 is 0 Å². The minimum atomic E-state index is -0.0865. The Balaban J connectivity index is 1.50. The van der Waals surface area contributed by atoms with Crippen molar-refractivity contribution in [1.82, 2.24) is 5.32 Å². The lowest BCUT2D eigenvalue weighted by Crippen LogP contribution is -2.36. The SMILES string of the molecule is Cc1cccc(OCCOCCN[C@H]2CC[C@H](O)CC2)c1C. The summed E-state index contributed by atoms with van der Waals surface area (Å²) in [5, 5.41) is 13.0. The molecule has 0 aromatic heterocycles. The van der Waals surface area contributed by atoms with Gasteiger partial charge in [-0.25, -0.2) is 0 Å². The third kappa shape index (κ3) is 5.59. The number of rotatable bonds is 8. The van der Waals surface area contributed by atoms with Crippen molar-refractivity contribution in [3.63, 3.8) is 0 Å². The van der Waals surface area contributed by atoms with Gasteiger partial charge in [-0.1, -0.05) is 12.1 Å². The number of aliphatic hydroxyl groups excluding tert-OH is 1. The Morgan fingerprint density at radius 1 is 1.09 bits per heavy atom. The van der Waals surface area contributed by atoms with Crippen LogP contribution in [0, 0.1) is 13.8 Å². The second kappa shape index (κ2) is 9.13. The smallest absolute Gasteiger partial charge is 0.122 e. The maximum atomic E-state index is 9.46. The van der Waals surface area contributed by atoms with E-state index < -0.39 is 0 Å². The summed E-state index contributed by atoms with van der Waals surface area (Å²) in [6.45, 7) is 6.93. The fourth-order valence-corrected chi connectivity index (χ4v) is 2.81. The van der Waals surface area contributed by atoms with Crippen LogP contribution in [0.3, 0.4) is 0 Å². The third-order valence-corrected chi connectivity index (χ3v) is 4.42. The topological polar surface area (TPSA) is 50.7 Å². The lowest BCUT2D eigenvalue weighted by molar-refractivity contribution is 0.0921. The Morgan fingerprint density at radius 3 is 2.64 bits per heavy atom. The highest BCUT2D eigenvalue weighted by Gasteiger charge is 2.18. The Kier molecular flexibility index (Phi) is 7.16. The van der Waals surface area contributed by atoms with Crippen LogP contribution < -0.4 is 10.1 Å². The number of benzene rings is 1. The zero-order valence-electron chi connectivity index (χ0n) is 13.8. The lowest BCUT2D eigenvalue weighted by atomic mass is 9.93. The third-order valence-electron chi connectivity index (χ3n) is 4.42. The molecule has 1 aliphatic rings. The highest BCUT2D eigenvalue weighted by molar-refractivity contribution is 5.38. The maximum Gasteiger partial charge on any atom is 0.122 e. The molecule has 1 aromatic carbocycles. The lowest BCUT2D eigenvalue weighted by Gasteiger charge is -2.26. The normalized spacial score (nSPS) is 21.8. The Labute approximate surface area is 133 Å². The monoisotopic (exact) mass is 307 g/mol. The fourth-order valence-electron chi connectivity index (χ4n) is 2.81. The molecule has 0 radical (unpaired) electrons. The molecule has 0 spiro atoms. The van der Waals surface area contributed by atoms with Gasteiger partial charge in [0.25, 0.3) is 0 Å². The fraction of sp³-hybridized carbons (Fsp3) is 0.667. The van der Waals surface area contributed by atoms with Crippen molar-refractivity contribution in [2.45, 2.75) is 51.7 Å².